The Bertz CT molecular complexity index is 257. The summed E-state index contributed by atoms with van der Waals surface area (Å²) in [5, 5.41) is 5.92. The van der Waals surface area contributed by atoms with E-state index in [1.54, 1.807) is 0 Å². The molecule has 0 aliphatic heterocycles. The number of nitrogen functional groups attached to an aromatic ring is 1. The Balaban J connectivity index is 2.69. The van der Waals surface area contributed by atoms with Crippen LogP contribution in [0.2, 0.25) is 0 Å². The summed E-state index contributed by atoms with van der Waals surface area (Å²) in [5.41, 5.74) is 10.4. The van der Waals surface area contributed by atoms with Crippen LogP contribution in [-0.2, 0) is 4.74 Å². The predicted octanol–water partition coefficient (Wildman–Crippen LogP) is -0.935. The highest BCUT2D eigenvalue weighted by atomic mass is 16.5. The van der Waals surface area contributed by atoms with Crippen LogP contribution in [0.4, 0.5) is 5.82 Å². The quantitative estimate of drug-likeness (QED) is 0.378. The number of nitrogens with two attached hydrogens (primary N) is 2. The summed E-state index contributed by atoms with van der Waals surface area (Å²) in [6, 6.07) is 1.37. The number of aromatic amines is 1. The molecule has 60 valence electrons. The van der Waals surface area contributed by atoms with Crippen molar-refractivity contribution in [1.82, 2.24) is 10.2 Å². The lowest BCUT2D eigenvalue weighted by molar-refractivity contribution is 0.0508. The number of ether oxygens (including phenoxy) is 1. The van der Waals surface area contributed by atoms with E-state index >= 15 is 0 Å². The lowest BCUT2D eigenvalue weighted by Gasteiger charge is -1.95. The van der Waals surface area contributed by atoms with E-state index in [9.17, 15) is 4.79 Å². The van der Waals surface area contributed by atoms with Crippen molar-refractivity contribution < 1.29 is 9.53 Å². The van der Waals surface area contributed by atoms with E-state index in [1.807, 2.05) is 0 Å². The molecule has 0 bridgehead atoms. The van der Waals surface area contributed by atoms with Crippen molar-refractivity contribution in [2.75, 3.05) is 12.5 Å². The third-order valence-electron chi connectivity index (χ3n) is 1.03. The Kier molecular flexibility index (Phi) is 2.07. The van der Waals surface area contributed by atoms with Gasteiger partial charge in [0.15, 0.2) is 0 Å². The topological polar surface area (TPSA) is 107 Å². The second-order valence-corrected chi connectivity index (χ2v) is 1.80. The highest BCUT2D eigenvalue weighted by Crippen LogP contribution is 2.00. The second kappa shape index (κ2) is 3.02. The summed E-state index contributed by atoms with van der Waals surface area (Å²) < 4.78 is 4.45. The first-order valence-corrected chi connectivity index (χ1v) is 2.92. The van der Waals surface area contributed by atoms with Crippen LogP contribution in [0.1, 0.15) is 10.5 Å². The molecular formula is C5H8N4O2. The summed E-state index contributed by atoms with van der Waals surface area (Å²) in [4.78, 5) is 10.8. The zero-order valence-corrected chi connectivity index (χ0v) is 5.70. The van der Waals surface area contributed by atoms with Crippen LogP contribution in [0.15, 0.2) is 6.07 Å². The SMILES string of the molecule is NCOC(=O)c1cc(N)n[nH]1. The van der Waals surface area contributed by atoms with Crippen molar-refractivity contribution in [3.8, 4) is 0 Å². The van der Waals surface area contributed by atoms with Gasteiger partial charge < -0.3 is 10.5 Å². The number of carbonyl (C=O) groups is 1. The van der Waals surface area contributed by atoms with Crippen LogP contribution < -0.4 is 11.5 Å². The molecule has 0 aliphatic rings. The number of nitrogens with zero attached hydrogens (tertiary/aromatic N) is 1. The van der Waals surface area contributed by atoms with E-state index in [0.29, 0.717) is 0 Å². The normalized spacial score (nSPS) is 9.55. The fourth-order valence-electron chi connectivity index (χ4n) is 0.595. The zero-order chi connectivity index (χ0) is 8.27. The Morgan fingerprint density at radius 3 is 3.00 bits per heavy atom. The number of anilines is 1. The van der Waals surface area contributed by atoms with Gasteiger partial charge in [-0.2, -0.15) is 5.10 Å². The van der Waals surface area contributed by atoms with Gasteiger partial charge in [-0.25, -0.2) is 4.79 Å². The first-order chi connectivity index (χ1) is 5.24. The van der Waals surface area contributed by atoms with Crippen LogP contribution in [0, 0.1) is 0 Å². The molecule has 11 heavy (non-hydrogen) atoms. The Hall–Kier alpha value is -1.56. The first-order valence-electron chi connectivity index (χ1n) is 2.92. The molecule has 0 saturated carbocycles. The highest BCUT2D eigenvalue weighted by Gasteiger charge is 2.08. The van der Waals surface area contributed by atoms with E-state index in [1.165, 1.54) is 6.07 Å². The fourth-order valence-corrected chi connectivity index (χ4v) is 0.595. The molecule has 6 nitrogen and oxygen atoms in total. The highest BCUT2D eigenvalue weighted by molar-refractivity contribution is 5.87. The number of esters is 1. The maximum Gasteiger partial charge on any atom is 0.357 e. The van der Waals surface area contributed by atoms with Crippen LogP contribution >= 0.6 is 0 Å². The lowest BCUT2D eigenvalue weighted by atomic mass is 10.4. The Morgan fingerprint density at radius 1 is 1.82 bits per heavy atom. The van der Waals surface area contributed by atoms with Gasteiger partial charge in [-0.05, 0) is 0 Å². The maximum absolute atomic E-state index is 10.8. The molecule has 1 aromatic heterocycles. The molecule has 1 heterocycles. The molecule has 0 radical (unpaired) electrons. The van der Waals surface area contributed by atoms with Gasteiger partial charge in [-0.3, -0.25) is 10.8 Å². The monoisotopic (exact) mass is 156 g/mol. The molecular weight excluding hydrogens is 148 g/mol. The Labute approximate surface area is 62.5 Å². The van der Waals surface area contributed by atoms with E-state index < -0.39 is 5.97 Å². The lowest BCUT2D eigenvalue weighted by Crippen LogP contribution is -2.12. The van der Waals surface area contributed by atoms with Crippen molar-refractivity contribution in [3.63, 3.8) is 0 Å². The van der Waals surface area contributed by atoms with Crippen LogP contribution in [-0.4, -0.2) is 22.9 Å². The Morgan fingerprint density at radius 2 is 2.55 bits per heavy atom. The second-order valence-electron chi connectivity index (χ2n) is 1.80. The van der Waals surface area contributed by atoms with Crippen molar-refractivity contribution in [1.29, 1.82) is 0 Å². The minimum atomic E-state index is -0.559. The maximum atomic E-state index is 10.8. The number of nitrogens with one attached hydrogen (secondary N) is 1. The molecule has 1 aromatic rings. The molecule has 0 saturated heterocycles. The molecule has 0 fully saturated rings. The molecule has 0 amide bonds. The molecule has 5 N–H and O–H groups in total. The van der Waals surface area contributed by atoms with E-state index in [2.05, 4.69) is 14.9 Å². The fraction of sp³-hybridized carbons (Fsp3) is 0.200. The number of carbonyl (C=O) groups excluding carboxylic acids is 1. The van der Waals surface area contributed by atoms with E-state index in [4.69, 9.17) is 11.5 Å². The van der Waals surface area contributed by atoms with Crippen molar-refractivity contribution in [2.24, 2.45) is 5.73 Å². The van der Waals surface area contributed by atoms with Gasteiger partial charge in [0.25, 0.3) is 0 Å². The summed E-state index contributed by atoms with van der Waals surface area (Å²) in [7, 11) is 0. The standard InChI is InChI=1S/C5H8N4O2/c6-2-11-5(10)3-1-4(7)9-8-3/h1H,2,6H2,(H3,7,8,9). The molecule has 0 aliphatic carbocycles. The number of aromatic nitrogens is 2. The molecule has 0 unspecified atom stereocenters. The average molecular weight is 156 g/mol. The molecule has 6 heteroatoms. The van der Waals surface area contributed by atoms with Gasteiger partial charge in [-0.15, -0.1) is 0 Å². The number of hydrogen-bond acceptors (Lipinski definition) is 5. The largest absolute Gasteiger partial charge is 0.445 e. The van der Waals surface area contributed by atoms with Crippen molar-refractivity contribution in [3.05, 3.63) is 11.8 Å². The minimum absolute atomic E-state index is 0.155. The molecule has 1 rings (SSSR count). The van der Waals surface area contributed by atoms with Crippen LogP contribution in [0.5, 0.6) is 0 Å². The van der Waals surface area contributed by atoms with Gasteiger partial charge in [0, 0.05) is 6.07 Å². The first kappa shape index (κ1) is 7.55. The molecule has 0 atom stereocenters. The summed E-state index contributed by atoms with van der Waals surface area (Å²) in [6.07, 6.45) is 0. The minimum Gasteiger partial charge on any atom is -0.445 e. The smallest absolute Gasteiger partial charge is 0.357 e. The summed E-state index contributed by atoms with van der Waals surface area (Å²) in [6.45, 7) is -0.155. The number of hydrogen-bond donors (Lipinski definition) is 3. The van der Waals surface area contributed by atoms with Gasteiger partial charge in [0.05, 0.1) is 0 Å². The van der Waals surface area contributed by atoms with Gasteiger partial charge in [0.1, 0.15) is 18.2 Å². The molecule has 0 spiro atoms. The summed E-state index contributed by atoms with van der Waals surface area (Å²) in [5.74, 6) is -0.314. The van der Waals surface area contributed by atoms with Crippen LogP contribution in [0.3, 0.4) is 0 Å². The average Bonchev–Trinajstić information content (AvgIpc) is 2.36. The van der Waals surface area contributed by atoms with E-state index in [-0.39, 0.29) is 18.2 Å². The number of rotatable bonds is 2. The third-order valence-corrected chi connectivity index (χ3v) is 1.03. The molecule has 0 aromatic carbocycles. The third kappa shape index (κ3) is 1.68. The zero-order valence-electron chi connectivity index (χ0n) is 5.70. The van der Waals surface area contributed by atoms with Crippen LogP contribution in [0.25, 0.3) is 0 Å². The predicted molar refractivity (Wildman–Crippen MR) is 37.5 cm³/mol. The van der Waals surface area contributed by atoms with Gasteiger partial charge in [-0.1, -0.05) is 0 Å². The van der Waals surface area contributed by atoms with E-state index in [0.717, 1.165) is 0 Å². The summed E-state index contributed by atoms with van der Waals surface area (Å²) >= 11 is 0. The van der Waals surface area contributed by atoms with Crippen molar-refractivity contribution in [2.45, 2.75) is 0 Å². The van der Waals surface area contributed by atoms with Crippen molar-refractivity contribution >= 4 is 11.8 Å². The van der Waals surface area contributed by atoms with Gasteiger partial charge >= 0.3 is 5.97 Å². The van der Waals surface area contributed by atoms with Gasteiger partial charge in [0.2, 0.25) is 0 Å². The number of H-pyrrole nitrogens is 1.